The summed E-state index contributed by atoms with van der Waals surface area (Å²) >= 11 is 0. The van der Waals surface area contributed by atoms with Gasteiger partial charge in [0.15, 0.2) is 0 Å². The highest BCUT2D eigenvalue weighted by atomic mass is 16.4. The average Bonchev–Trinajstić information content (AvgIpc) is 2.96. The predicted octanol–water partition coefficient (Wildman–Crippen LogP) is -1.90. The van der Waals surface area contributed by atoms with Gasteiger partial charge in [0.25, 0.3) is 0 Å². The lowest BCUT2D eigenvalue weighted by Crippen LogP contribution is -2.46. The van der Waals surface area contributed by atoms with Crippen LogP contribution in [0.1, 0.15) is 11.3 Å². The maximum absolute atomic E-state index is 11.1. The van der Waals surface area contributed by atoms with Gasteiger partial charge in [0.2, 0.25) is 0 Å². The number of aliphatic carboxylic acids is 1. The molecule has 1 aromatic carbocycles. The molecule has 0 unspecified atom stereocenters. The number of aromatic amines is 1. The Morgan fingerprint density at radius 1 is 1.04 bits per heavy atom. The quantitative estimate of drug-likeness (QED) is 0.253. The third-order valence-corrected chi connectivity index (χ3v) is 4.38. The number of nitrogens with one attached hydrogen (secondary N) is 1. The zero-order valence-corrected chi connectivity index (χ0v) is 14.0. The summed E-state index contributed by atoms with van der Waals surface area (Å²) in [5, 5.41) is 58.0. The molecule has 1 heterocycles. The molecular formula is C17H24N2O7. The molecule has 5 atom stereocenters. The first-order chi connectivity index (χ1) is 12.3. The average molecular weight is 368 g/mol. The van der Waals surface area contributed by atoms with Gasteiger partial charge in [-0.2, -0.15) is 0 Å². The number of aliphatic hydroxyl groups is 5. The van der Waals surface area contributed by atoms with Crippen LogP contribution in [0.25, 0.3) is 10.9 Å². The van der Waals surface area contributed by atoms with Crippen molar-refractivity contribution in [1.82, 2.24) is 4.98 Å². The van der Waals surface area contributed by atoms with Gasteiger partial charge >= 0.3 is 5.97 Å². The molecule has 0 amide bonds. The fourth-order valence-corrected chi connectivity index (χ4v) is 2.86. The summed E-state index contributed by atoms with van der Waals surface area (Å²) in [6, 6.07) is 5.99. The summed E-state index contributed by atoms with van der Waals surface area (Å²) in [5.41, 5.74) is 7.42. The fourth-order valence-electron chi connectivity index (χ4n) is 2.86. The number of para-hydroxylation sites is 1. The lowest BCUT2D eigenvalue weighted by Gasteiger charge is -2.25. The van der Waals surface area contributed by atoms with Gasteiger partial charge in [0.1, 0.15) is 24.4 Å². The van der Waals surface area contributed by atoms with Crippen molar-refractivity contribution in [3.05, 3.63) is 35.5 Å². The van der Waals surface area contributed by atoms with Crippen molar-refractivity contribution in [2.24, 2.45) is 5.73 Å². The van der Waals surface area contributed by atoms with Crippen LogP contribution in [0, 0.1) is 0 Å². The third-order valence-electron chi connectivity index (χ3n) is 4.38. The van der Waals surface area contributed by atoms with Crippen LogP contribution >= 0.6 is 0 Å². The largest absolute Gasteiger partial charge is 0.480 e. The van der Waals surface area contributed by atoms with Crippen molar-refractivity contribution in [2.45, 2.75) is 43.3 Å². The normalized spacial score (nSPS) is 17.6. The lowest BCUT2D eigenvalue weighted by molar-refractivity contribution is -0.138. The summed E-state index contributed by atoms with van der Waals surface area (Å²) in [7, 11) is 0. The molecule has 0 fully saturated rings. The Kier molecular flexibility index (Phi) is 6.70. The summed E-state index contributed by atoms with van der Waals surface area (Å²) in [4.78, 5) is 14.2. The highest BCUT2D eigenvalue weighted by molar-refractivity contribution is 5.85. The van der Waals surface area contributed by atoms with Gasteiger partial charge in [-0.15, -0.1) is 0 Å². The third kappa shape index (κ3) is 4.39. The molecule has 0 aliphatic carbocycles. The second kappa shape index (κ2) is 8.58. The molecule has 0 saturated carbocycles. The van der Waals surface area contributed by atoms with E-state index in [1.807, 2.05) is 0 Å². The number of aliphatic hydroxyl groups excluding tert-OH is 5. The number of carboxylic acid groups (broad SMARTS) is 1. The second-order valence-corrected chi connectivity index (χ2v) is 6.28. The number of carbonyl (C=O) groups is 1. The van der Waals surface area contributed by atoms with E-state index in [0.717, 1.165) is 5.39 Å². The van der Waals surface area contributed by atoms with Crippen LogP contribution in [0.2, 0.25) is 0 Å². The zero-order chi connectivity index (χ0) is 19.4. The van der Waals surface area contributed by atoms with E-state index in [4.69, 9.17) is 15.9 Å². The van der Waals surface area contributed by atoms with Crippen LogP contribution < -0.4 is 5.73 Å². The predicted molar refractivity (Wildman–Crippen MR) is 92.4 cm³/mol. The van der Waals surface area contributed by atoms with Crippen molar-refractivity contribution >= 4 is 16.9 Å². The second-order valence-electron chi connectivity index (χ2n) is 6.28. The van der Waals surface area contributed by atoms with E-state index in [9.17, 15) is 25.2 Å². The molecule has 0 spiro atoms. The monoisotopic (exact) mass is 368 g/mol. The number of hydrogen-bond acceptors (Lipinski definition) is 7. The van der Waals surface area contributed by atoms with E-state index < -0.39 is 43.0 Å². The van der Waals surface area contributed by atoms with E-state index in [0.29, 0.717) is 16.8 Å². The summed E-state index contributed by atoms with van der Waals surface area (Å²) < 4.78 is 0. The lowest BCUT2D eigenvalue weighted by atomic mass is 9.96. The van der Waals surface area contributed by atoms with Gasteiger partial charge in [-0.25, -0.2) is 0 Å². The first-order valence-corrected chi connectivity index (χ1v) is 8.16. The summed E-state index contributed by atoms with van der Waals surface area (Å²) in [6.45, 7) is -0.768. The number of fused-ring (bicyclic) bond motifs is 1. The first kappa shape index (κ1) is 20.3. The highest BCUT2D eigenvalue weighted by Crippen LogP contribution is 2.25. The molecule has 9 nitrogen and oxygen atoms in total. The molecule has 1 aromatic heterocycles. The molecule has 26 heavy (non-hydrogen) atoms. The Morgan fingerprint density at radius 2 is 1.65 bits per heavy atom. The molecule has 9 N–H and O–H groups in total. The van der Waals surface area contributed by atoms with Crippen LogP contribution in [0.4, 0.5) is 0 Å². The van der Waals surface area contributed by atoms with Crippen molar-refractivity contribution in [3.63, 3.8) is 0 Å². The molecule has 0 aliphatic rings. The maximum Gasteiger partial charge on any atom is 0.320 e. The Balaban J connectivity index is 2.29. The van der Waals surface area contributed by atoms with Gasteiger partial charge in [-0.05, 0) is 11.6 Å². The number of rotatable bonds is 9. The first-order valence-electron chi connectivity index (χ1n) is 8.16. The van der Waals surface area contributed by atoms with Gasteiger partial charge in [-0.1, -0.05) is 18.2 Å². The molecule has 0 aliphatic heterocycles. The maximum atomic E-state index is 11.1. The molecule has 0 radical (unpaired) electrons. The van der Waals surface area contributed by atoms with Gasteiger partial charge in [0.05, 0.1) is 12.7 Å². The Labute approximate surface area is 149 Å². The minimum Gasteiger partial charge on any atom is -0.480 e. The van der Waals surface area contributed by atoms with Crippen molar-refractivity contribution in [2.75, 3.05) is 6.61 Å². The van der Waals surface area contributed by atoms with E-state index >= 15 is 0 Å². The van der Waals surface area contributed by atoms with Crippen molar-refractivity contribution in [1.29, 1.82) is 0 Å². The number of benzene rings is 1. The molecule has 0 bridgehead atoms. The molecule has 2 aromatic rings. The number of aromatic nitrogens is 1. The minimum atomic E-state index is -1.73. The number of carboxylic acids is 1. The topological polar surface area (TPSA) is 180 Å². The Bertz CT molecular complexity index is 748. The Morgan fingerprint density at radius 3 is 2.27 bits per heavy atom. The fraction of sp³-hybridized carbons (Fsp3) is 0.471. The molecule has 9 heteroatoms. The van der Waals surface area contributed by atoms with E-state index in [1.54, 1.807) is 24.3 Å². The molecule has 2 rings (SSSR count). The van der Waals surface area contributed by atoms with Crippen LogP contribution in [-0.4, -0.2) is 78.7 Å². The SMILES string of the molecule is N[C@@H](Cc1c(C[C@H](O)[C@@H](O)[C@@H](O)[C@H](O)CO)[nH]c2ccccc12)C(=O)O. The van der Waals surface area contributed by atoms with Crippen LogP contribution in [0.3, 0.4) is 0 Å². The van der Waals surface area contributed by atoms with Crippen LogP contribution in [-0.2, 0) is 17.6 Å². The zero-order valence-electron chi connectivity index (χ0n) is 14.0. The molecule has 144 valence electrons. The van der Waals surface area contributed by atoms with Crippen molar-refractivity contribution in [3.8, 4) is 0 Å². The Hall–Kier alpha value is -2.01. The van der Waals surface area contributed by atoms with E-state index in [2.05, 4.69) is 4.98 Å². The van der Waals surface area contributed by atoms with Gasteiger partial charge in [-0.3, -0.25) is 4.79 Å². The summed E-state index contributed by atoms with van der Waals surface area (Å²) in [5.74, 6) is -1.16. The van der Waals surface area contributed by atoms with Crippen LogP contribution in [0.5, 0.6) is 0 Å². The van der Waals surface area contributed by atoms with Crippen LogP contribution in [0.15, 0.2) is 24.3 Å². The summed E-state index contributed by atoms with van der Waals surface area (Å²) in [6.07, 6.45) is -6.61. The minimum absolute atomic E-state index is 0.0132. The number of nitrogens with two attached hydrogens (primary N) is 1. The molecule has 0 saturated heterocycles. The van der Waals surface area contributed by atoms with Gasteiger partial charge in [0, 0.05) is 29.4 Å². The number of H-pyrrole nitrogens is 1. The number of hydrogen-bond donors (Lipinski definition) is 8. The smallest absolute Gasteiger partial charge is 0.320 e. The van der Waals surface area contributed by atoms with E-state index in [-0.39, 0.29) is 12.8 Å². The van der Waals surface area contributed by atoms with Gasteiger partial charge < -0.3 is 41.4 Å². The standard InChI is InChI=1S/C17H24N2O7/c18-10(17(25)26)5-9-8-3-1-2-4-11(8)19-12(9)6-13(21)15(23)16(24)14(22)7-20/h1-4,10,13-16,19-24H,5-7,18H2,(H,25,26)/t10-,13-,14+,15+,16-/m0/s1. The van der Waals surface area contributed by atoms with Crippen molar-refractivity contribution < 1.29 is 35.4 Å². The van der Waals surface area contributed by atoms with E-state index in [1.165, 1.54) is 0 Å². The molecular weight excluding hydrogens is 344 g/mol. The highest BCUT2D eigenvalue weighted by Gasteiger charge is 2.31.